The highest BCUT2D eigenvalue weighted by Gasteiger charge is 2.12. The van der Waals surface area contributed by atoms with Gasteiger partial charge in [-0.25, -0.2) is 4.98 Å². The maximum absolute atomic E-state index is 5.41. The molecule has 0 aliphatic carbocycles. The summed E-state index contributed by atoms with van der Waals surface area (Å²) in [6, 6.07) is 20.5. The van der Waals surface area contributed by atoms with Crippen molar-refractivity contribution in [3.63, 3.8) is 0 Å². The SMILES string of the molecule is C=Cc1ccc2c(c1)nc(NCc1ccco1)n2Cc1ccccc1. The minimum atomic E-state index is 0.597. The minimum absolute atomic E-state index is 0.597. The van der Waals surface area contributed by atoms with Crippen molar-refractivity contribution in [2.24, 2.45) is 0 Å². The number of anilines is 1. The molecule has 0 aliphatic heterocycles. The Morgan fingerprint density at radius 2 is 1.96 bits per heavy atom. The van der Waals surface area contributed by atoms with Gasteiger partial charge in [-0.05, 0) is 35.4 Å². The lowest BCUT2D eigenvalue weighted by Crippen LogP contribution is -2.08. The Labute approximate surface area is 146 Å². The van der Waals surface area contributed by atoms with Crippen LogP contribution in [-0.2, 0) is 13.1 Å². The summed E-state index contributed by atoms with van der Waals surface area (Å²) in [7, 11) is 0. The average Bonchev–Trinajstić information content (AvgIpc) is 3.28. The highest BCUT2D eigenvalue weighted by atomic mass is 16.3. The van der Waals surface area contributed by atoms with Gasteiger partial charge >= 0.3 is 0 Å². The van der Waals surface area contributed by atoms with Gasteiger partial charge in [0.25, 0.3) is 0 Å². The van der Waals surface area contributed by atoms with Gasteiger partial charge in [0.05, 0.1) is 30.4 Å². The van der Waals surface area contributed by atoms with E-state index in [4.69, 9.17) is 9.40 Å². The normalized spacial score (nSPS) is 10.9. The fourth-order valence-corrected chi connectivity index (χ4v) is 2.91. The molecule has 124 valence electrons. The molecule has 0 saturated heterocycles. The van der Waals surface area contributed by atoms with Gasteiger partial charge < -0.3 is 14.3 Å². The molecule has 4 rings (SSSR count). The Kier molecular flexibility index (Phi) is 4.09. The van der Waals surface area contributed by atoms with Crippen molar-refractivity contribution in [2.45, 2.75) is 13.1 Å². The predicted octanol–water partition coefficient (Wildman–Crippen LogP) is 4.93. The topological polar surface area (TPSA) is 43.0 Å². The van der Waals surface area contributed by atoms with Crippen LogP contribution in [0.15, 0.2) is 77.9 Å². The molecule has 0 bridgehead atoms. The van der Waals surface area contributed by atoms with Crippen LogP contribution >= 0.6 is 0 Å². The summed E-state index contributed by atoms with van der Waals surface area (Å²) < 4.78 is 7.61. The number of aromatic nitrogens is 2. The first-order chi connectivity index (χ1) is 12.3. The van der Waals surface area contributed by atoms with Crippen molar-refractivity contribution in [3.8, 4) is 0 Å². The van der Waals surface area contributed by atoms with E-state index in [1.54, 1.807) is 6.26 Å². The second kappa shape index (κ2) is 6.69. The van der Waals surface area contributed by atoms with Crippen molar-refractivity contribution in [1.29, 1.82) is 0 Å². The summed E-state index contributed by atoms with van der Waals surface area (Å²) in [4.78, 5) is 4.78. The van der Waals surface area contributed by atoms with E-state index in [2.05, 4.69) is 58.9 Å². The van der Waals surface area contributed by atoms with Crippen LogP contribution in [0.3, 0.4) is 0 Å². The van der Waals surface area contributed by atoms with Crippen LogP contribution in [0.4, 0.5) is 5.95 Å². The number of hydrogen-bond acceptors (Lipinski definition) is 3. The largest absolute Gasteiger partial charge is 0.467 e. The van der Waals surface area contributed by atoms with E-state index in [1.165, 1.54) is 5.56 Å². The van der Waals surface area contributed by atoms with E-state index in [-0.39, 0.29) is 0 Å². The Balaban J connectivity index is 1.73. The predicted molar refractivity (Wildman–Crippen MR) is 101 cm³/mol. The standard InChI is InChI=1S/C21H19N3O/c1-2-16-10-11-20-19(13-16)23-21(22-14-18-9-6-12-25-18)24(20)15-17-7-4-3-5-8-17/h2-13H,1,14-15H2,(H,22,23). The lowest BCUT2D eigenvalue weighted by molar-refractivity contribution is 0.517. The fraction of sp³-hybridized carbons (Fsp3) is 0.0952. The number of benzene rings is 2. The van der Waals surface area contributed by atoms with Crippen molar-refractivity contribution in [1.82, 2.24) is 9.55 Å². The minimum Gasteiger partial charge on any atom is -0.467 e. The number of fused-ring (bicyclic) bond motifs is 1. The maximum atomic E-state index is 5.41. The Bertz CT molecular complexity index is 985. The molecule has 0 aliphatic rings. The lowest BCUT2D eigenvalue weighted by atomic mass is 10.2. The van der Waals surface area contributed by atoms with Gasteiger partial charge in [0, 0.05) is 0 Å². The van der Waals surface area contributed by atoms with Gasteiger partial charge in [0.1, 0.15) is 5.76 Å². The molecule has 4 heteroatoms. The fourth-order valence-electron chi connectivity index (χ4n) is 2.91. The third-order valence-electron chi connectivity index (χ3n) is 4.19. The Morgan fingerprint density at radius 1 is 1.08 bits per heavy atom. The van der Waals surface area contributed by atoms with Gasteiger partial charge in [-0.1, -0.05) is 49.1 Å². The molecule has 1 N–H and O–H groups in total. The lowest BCUT2D eigenvalue weighted by Gasteiger charge is -2.10. The molecule has 2 aromatic carbocycles. The summed E-state index contributed by atoms with van der Waals surface area (Å²) in [6.45, 7) is 5.19. The zero-order valence-corrected chi connectivity index (χ0v) is 13.9. The number of nitrogens with zero attached hydrogens (tertiary/aromatic N) is 2. The van der Waals surface area contributed by atoms with E-state index in [9.17, 15) is 0 Å². The summed E-state index contributed by atoms with van der Waals surface area (Å²) in [5, 5.41) is 3.40. The first-order valence-corrected chi connectivity index (χ1v) is 8.26. The van der Waals surface area contributed by atoms with Gasteiger partial charge in [0.15, 0.2) is 0 Å². The molecule has 25 heavy (non-hydrogen) atoms. The first kappa shape index (κ1) is 15.3. The van der Waals surface area contributed by atoms with Crippen LogP contribution in [0.1, 0.15) is 16.9 Å². The molecule has 4 nitrogen and oxygen atoms in total. The van der Waals surface area contributed by atoms with Crippen LogP contribution in [0.2, 0.25) is 0 Å². The maximum Gasteiger partial charge on any atom is 0.204 e. The third kappa shape index (κ3) is 3.19. The molecule has 0 radical (unpaired) electrons. The molecule has 0 amide bonds. The second-order valence-electron chi connectivity index (χ2n) is 5.89. The van der Waals surface area contributed by atoms with Gasteiger partial charge in [-0.2, -0.15) is 0 Å². The van der Waals surface area contributed by atoms with E-state index in [1.807, 2.05) is 24.3 Å². The number of hydrogen-bond donors (Lipinski definition) is 1. The smallest absolute Gasteiger partial charge is 0.204 e. The molecule has 2 aromatic heterocycles. The quantitative estimate of drug-likeness (QED) is 0.545. The van der Waals surface area contributed by atoms with Crippen molar-refractivity contribution in [2.75, 3.05) is 5.32 Å². The molecule has 0 saturated carbocycles. The van der Waals surface area contributed by atoms with Crippen molar-refractivity contribution < 1.29 is 4.42 Å². The zero-order valence-electron chi connectivity index (χ0n) is 13.9. The monoisotopic (exact) mass is 329 g/mol. The Morgan fingerprint density at radius 3 is 2.72 bits per heavy atom. The van der Waals surface area contributed by atoms with E-state index < -0.39 is 0 Å². The van der Waals surface area contributed by atoms with Crippen LogP contribution < -0.4 is 5.32 Å². The van der Waals surface area contributed by atoms with Gasteiger partial charge in [-0.15, -0.1) is 0 Å². The molecule has 0 atom stereocenters. The van der Waals surface area contributed by atoms with E-state index >= 15 is 0 Å². The number of imidazole rings is 1. The van der Waals surface area contributed by atoms with Crippen LogP contribution in [0, 0.1) is 0 Å². The van der Waals surface area contributed by atoms with Crippen LogP contribution in [0.25, 0.3) is 17.1 Å². The van der Waals surface area contributed by atoms with Crippen molar-refractivity contribution >= 4 is 23.1 Å². The Hall–Kier alpha value is -3.27. The highest BCUT2D eigenvalue weighted by Crippen LogP contribution is 2.23. The number of nitrogens with one attached hydrogen (secondary N) is 1. The van der Waals surface area contributed by atoms with Crippen LogP contribution in [0.5, 0.6) is 0 Å². The van der Waals surface area contributed by atoms with Gasteiger partial charge in [0.2, 0.25) is 5.95 Å². The summed E-state index contributed by atoms with van der Waals surface area (Å²) >= 11 is 0. The second-order valence-corrected chi connectivity index (χ2v) is 5.89. The highest BCUT2D eigenvalue weighted by molar-refractivity contribution is 5.81. The molecule has 0 unspecified atom stereocenters. The van der Waals surface area contributed by atoms with Crippen LogP contribution in [-0.4, -0.2) is 9.55 Å². The number of rotatable bonds is 6. The third-order valence-corrected chi connectivity index (χ3v) is 4.19. The molecule has 4 aromatic rings. The molecule has 0 spiro atoms. The van der Waals surface area contributed by atoms with Crippen molar-refractivity contribution in [3.05, 3.63) is 90.4 Å². The zero-order chi connectivity index (χ0) is 17.1. The van der Waals surface area contributed by atoms with Gasteiger partial charge in [-0.3, -0.25) is 0 Å². The molecule has 2 heterocycles. The molecule has 0 fully saturated rings. The summed E-state index contributed by atoms with van der Waals surface area (Å²) in [6.07, 6.45) is 3.52. The van der Waals surface area contributed by atoms with E-state index in [0.29, 0.717) is 6.54 Å². The first-order valence-electron chi connectivity index (χ1n) is 8.26. The summed E-state index contributed by atoms with van der Waals surface area (Å²) in [5.74, 6) is 1.71. The summed E-state index contributed by atoms with van der Waals surface area (Å²) in [5.41, 5.74) is 4.34. The number of furan rings is 1. The average molecular weight is 329 g/mol. The molecular weight excluding hydrogens is 310 g/mol. The van der Waals surface area contributed by atoms with E-state index in [0.717, 1.165) is 34.9 Å². The molecular formula is C21H19N3O.